The molecule has 0 aromatic carbocycles. The zero-order chi connectivity index (χ0) is 16.4. The third kappa shape index (κ3) is 4.67. The Balaban J connectivity index is 3.40. The maximum Gasteiger partial charge on any atom is 0.328 e. The fourth-order valence-electron chi connectivity index (χ4n) is 1.99. The number of rotatable bonds is 5. The maximum absolute atomic E-state index is 12.1. The molecule has 0 aliphatic rings. The molecule has 1 heterocycles. The van der Waals surface area contributed by atoms with Crippen LogP contribution >= 0.6 is 0 Å². The lowest BCUT2D eigenvalue weighted by molar-refractivity contribution is -0.137. The quantitative estimate of drug-likeness (QED) is 0.779. The van der Waals surface area contributed by atoms with Gasteiger partial charge in [-0.1, -0.05) is 20.8 Å². The number of hydrogen-bond acceptors (Lipinski definition) is 4. The van der Waals surface area contributed by atoms with Gasteiger partial charge in [-0.25, -0.2) is 4.79 Å². The number of aliphatic carboxylic acids is 1. The van der Waals surface area contributed by atoms with Crippen LogP contribution in [0.5, 0.6) is 0 Å². The molecule has 0 saturated carbocycles. The first-order valence-corrected chi connectivity index (χ1v) is 9.51. The monoisotopic (exact) mass is 314 g/mol. The average molecular weight is 314 g/mol. The Morgan fingerprint density at radius 1 is 1.43 bits per heavy atom. The highest BCUT2D eigenvalue weighted by Crippen LogP contribution is 2.34. The number of aromatic nitrogens is 2. The van der Waals surface area contributed by atoms with E-state index in [1.54, 1.807) is 0 Å². The summed E-state index contributed by atoms with van der Waals surface area (Å²) in [6, 6.07) is 0. The second-order valence-electron chi connectivity index (χ2n) is 6.30. The van der Waals surface area contributed by atoms with Gasteiger partial charge in [0.05, 0.1) is 11.7 Å². The number of aromatic amines is 1. The summed E-state index contributed by atoms with van der Waals surface area (Å²) < 4.78 is 6.91. The highest BCUT2D eigenvalue weighted by molar-refractivity contribution is 6.48. The molecule has 1 aromatic heterocycles. The summed E-state index contributed by atoms with van der Waals surface area (Å²) in [7, 11) is -1.43. The van der Waals surface area contributed by atoms with Gasteiger partial charge in [0.2, 0.25) is 0 Å². The topological polar surface area (TPSA) is 101 Å². The van der Waals surface area contributed by atoms with E-state index < -0.39 is 38.9 Å². The minimum Gasteiger partial charge on any atom is -0.480 e. The molecule has 118 valence electrons. The van der Waals surface area contributed by atoms with Crippen LogP contribution in [0.2, 0.25) is 13.1 Å². The Bertz CT molecular complexity index is 627. The van der Waals surface area contributed by atoms with Crippen molar-refractivity contribution < 1.29 is 14.3 Å². The maximum atomic E-state index is 12.1. The van der Waals surface area contributed by atoms with Crippen LogP contribution in [-0.4, -0.2) is 29.7 Å². The zero-order valence-electron chi connectivity index (χ0n) is 13.0. The highest BCUT2D eigenvalue weighted by atomic mass is 28.3. The van der Waals surface area contributed by atoms with Crippen LogP contribution in [0.1, 0.15) is 32.4 Å². The van der Waals surface area contributed by atoms with E-state index in [1.807, 2.05) is 33.9 Å². The van der Waals surface area contributed by atoms with E-state index in [0.29, 0.717) is 0 Å². The van der Waals surface area contributed by atoms with E-state index in [1.165, 1.54) is 6.20 Å². The van der Waals surface area contributed by atoms with E-state index in [-0.39, 0.29) is 11.0 Å². The van der Waals surface area contributed by atoms with E-state index in [2.05, 4.69) is 4.98 Å². The second-order valence-corrected chi connectivity index (χ2v) is 8.67. The lowest BCUT2D eigenvalue weighted by Crippen LogP contribution is -2.38. The number of carboxylic acid groups (broad SMARTS) is 1. The molecule has 7 nitrogen and oxygen atoms in total. The molecule has 0 bridgehead atoms. The zero-order valence-corrected chi connectivity index (χ0v) is 14.1. The molecular formula is C13H22N2O5Si. The van der Waals surface area contributed by atoms with Gasteiger partial charge in [0.25, 0.3) is 5.56 Å². The predicted octanol–water partition coefficient (Wildman–Crippen LogP) is 0.708. The van der Waals surface area contributed by atoms with Crippen molar-refractivity contribution in [1.82, 2.24) is 9.55 Å². The number of carboxylic acids is 1. The van der Waals surface area contributed by atoms with Crippen LogP contribution in [0.15, 0.2) is 15.8 Å². The van der Waals surface area contributed by atoms with Crippen LogP contribution in [-0.2, 0) is 15.8 Å². The standard InChI is InChI=1S/C13H22N2O5Si/c1-13(2,3)10(20-21(4)5)8-6-15(7-9(16)17)12(19)14-11(8)18/h6,10,21H,7H2,1-5H3,(H,16,17)(H,14,18,19). The molecule has 2 N–H and O–H groups in total. The lowest BCUT2D eigenvalue weighted by Gasteiger charge is -2.32. The summed E-state index contributed by atoms with van der Waals surface area (Å²) in [6.07, 6.45) is 0.802. The molecule has 0 aliphatic heterocycles. The fraction of sp³-hybridized carbons (Fsp3) is 0.615. The van der Waals surface area contributed by atoms with Gasteiger partial charge in [0.1, 0.15) is 6.54 Å². The van der Waals surface area contributed by atoms with Gasteiger partial charge in [0, 0.05) is 6.20 Å². The Morgan fingerprint density at radius 2 is 2.00 bits per heavy atom. The van der Waals surface area contributed by atoms with Crippen LogP contribution in [0.3, 0.4) is 0 Å². The van der Waals surface area contributed by atoms with Crippen LogP contribution < -0.4 is 11.2 Å². The Kier molecular flexibility index (Phi) is 5.29. The molecule has 1 unspecified atom stereocenters. The normalized spacial score (nSPS) is 13.4. The smallest absolute Gasteiger partial charge is 0.328 e. The number of nitrogens with zero attached hydrogens (tertiary/aromatic N) is 1. The van der Waals surface area contributed by atoms with Crippen LogP contribution in [0.25, 0.3) is 0 Å². The third-order valence-electron chi connectivity index (χ3n) is 2.82. The first kappa shape index (κ1) is 17.4. The summed E-state index contributed by atoms with van der Waals surface area (Å²) >= 11 is 0. The van der Waals surface area contributed by atoms with E-state index in [0.717, 1.165) is 4.57 Å². The predicted molar refractivity (Wildman–Crippen MR) is 81.1 cm³/mol. The van der Waals surface area contributed by atoms with Crippen molar-refractivity contribution >= 4 is 15.0 Å². The van der Waals surface area contributed by atoms with Crippen molar-refractivity contribution in [3.63, 3.8) is 0 Å². The average Bonchev–Trinajstić information content (AvgIpc) is 2.28. The number of H-pyrrole nitrogens is 1. The fourth-order valence-corrected chi connectivity index (χ4v) is 3.09. The number of carbonyl (C=O) groups is 1. The number of nitrogens with one attached hydrogen (secondary N) is 1. The van der Waals surface area contributed by atoms with Gasteiger partial charge in [0.15, 0.2) is 9.04 Å². The molecule has 0 amide bonds. The summed E-state index contributed by atoms with van der Waals surface area (Å²) in [5.41, 5.74) is -1.34. The summed E-state index contributed by atoms with van der Waals surface area (Å²) in [4.78, 5) is 36.6. The second kappa shape index (κ2) is 6.40. The van der Waals surface area contributed by atoms with Crippen molar-refractivity contribution in [2.24, 2.45) is 5.41 Å². The Hall–Kier alpha value is -1.67. The molecule has 0 aliphatic carbocycles. The van der Waals surface area contributed by atoms with E-state index in [9.17, 15) is 14.4 Å². The van der Waals surface area contributed by atoms with Crippen LogP contribution in [0.4, 0.5) is 0 Å². The highest BCUT2D eigenvalue weighted by Gasteiger charge is 2.30. The van der Waals surface area contributed by atoms with Crippen molar-refractivity contribution in [3.05, 3.63) is 32.6 Å². The molecule has 0 fully saturated rings. The van der Waals surface area contributed by atoms with Crippen molar-refractivity contribution in [2.45, 2.75) is 46.5 Å². The molecule has 0 radical (unpaired) electrons. The minimum atomic E-state index is -1.43. The molecule has 0 saturated heterocycles. The first-order chi connectivity index (χ1) is 9.52. The van der Waals surface area contributed by atoms with Gasteiger partial charge in [-0.3, -0.25) is 19.1 Å². The van der Waals surface area contributed by atoms with Crippen LogP contribution in [0, 0.1) is 5.41 Å². The van der Waals surface area contributed by atoms with Crippen molar-refractivity contribution in [1.29, 1.82) is 0 Å². The summed E-state index contributed by atoms with van der Waals surface area (Å²) in [5, 5.41) is 8.82. The molecule has 1 atom stereocenters. The van der Waals surface area contributed by atoms with Gasteiger partial charge in [-0.05, 0) is 18.5 Å². The summed E-state index contributed by atoms with van der Waals surface area (Å²) in [5.74, 6) is -1.15. The molecule has 1 aromatic rings. The Labute approximate surface area is 124 Å². The SMILES string of the molecule is C[SiH](C)OC(c1cn(CC(=O)O)c(=O)[nH]c1=O)C(C)(C)C. The summed E-state index contributed by atoms with van der Waals surface area (Å²) in [6.45, 7) is 9.26. The first-order valence-electron chi connectivity index (χ1n) is 6.73. The number of hydrogen-bond donors (Lipinski definition) is 2. The molecular weight excluding hydrogens is 292 g/mol. The lowest BCUT2D eigenvalue weighted by atomic mass is 9.86. The molecule has 8 heteroatoms. The van der Waals surface area contributed by atoms with Crippen molar-refractivity contribution in [3.8, 4) is 0 Å². The van der Waals surface area contributed by atoms with E-state index >= 15 is 0 Å². The van der Waals surface area contributed by atoms with E-state index in [4.69, 9.17) is 9.53 Å². The minimum absolute atomic E-state index is 0.282. The van der Waals surface area contributed by atoms with Gasteiger partial charge in [-0.15, -0.1) is 0 Å². The van der Waals surface area contributed by atoms with Gasteiger partial charge >= 0.3 is 11.7 Å². The Morgan fingerprint density at radius 3 is 2.43 bits per heavy atom. The van der Waals surface area contributed by atoms with Gasteiger partial charge < -0.3 is 9.53 Å². The largest absolute Gasteiger partial charge is 0.480 e. The molecule has 1 rings (SSSR count). The molecule has 0 spiro atoms. The molecule has 21 heavy (non-hydrogen) atoms. The van der Waals surface area contributed by atoms with Gasteiger partial charge in [-0.2, -0.15) is 0 Å². The van der Waals surface area contributed by atoms with Crippen molar-refractivity contribution in [2.75, 3.05) is 0 Å². The third-order valence-corrected chi connectivity index (χ3v) is 3.64.